The minimum absolute atomic E-state index is 0.0698. The van der Waals surface area contributed by atoms with Crippen molar-refractivity contribution < 1.29 is 23.1 Å². The SMILES string of the molecule is O=C(O)CCCS(=O)(=O)N1C[C@H]2COC[C@H]2C1. The summed E-state index contributed by atoms with van der Waals surface area (Å²) in [5.41, 5.74) is 0. The van der Waals surface area contributed by atoms with Crippen LogP contribution < -0.4 is 0 Å². The number of rotatable bonds is 5. The molecular formula is C10H17NO5S. The maximum absolute atomic E-state index is 11.9. The Morgan fingerprint density at radius 3 is 2.41 bits per heavy atom. The standard InChI is InChI=1S/C10H17NO5S/c12-10(13)2-1-3-17(14,15)11-4-8-6-16-7-9(8)5-11/h8-9H,1-7H2,(H,12,13)/t8-,9+. The van der Waals surface area contributed by atoms with Gasteiger partial charge in [-0.25, -0.2) is 12.7 Å². The molecule has 2 fully saturated rings. The lowest BCUT2D eigenvalue weighted by molar-refractivity contribution is -0.137. The van der Waals surface area contributed by atoms with Gasteiger partial charge in [0.05, 0.1) is 19.0 Å². The van der Waals surface area contributed by atoms with E-state index in [-0.39, 0.29) is 18.6 Å². The first-order chi connectivity index (χ1) is 7.99. The van der Waals surface area contributed by atoms with Crippen LogP contribution in [0.25, 0.3) is 0 Å². The molecule has 1 N–H and O–H groups in total. The van der Waals surface area contributed by atoms with Crippen molar-refractivity contribution in [2.24, 2.45) is 11.8 Å². The van der Waals surface area contributed by atoms with Crippen molar-refractivity contribution in [3.05, 3.63) is 0 Å². The Labute approximate surface area is 101 Å². The molecule has 6 nitrogen and oxygen atoms in total. The topological polar surface area (TPSA) is 83.9 Å². The normalized spacial score (nSPS) is 29.4. The predicted octanol–water partition coefficient (Wildman–Crippen LogP) is -0.241. The van der Waals surface area contributed by atoms with Gasteiger partial charge < -0.3 is 9.84 Å². The van der Waals surface area contributed by atoms with E-state index < -0.39 is 16.0 Å². The molecule has 0 aliphatic carbocycles. The maximum atomic E-state index is 11.9. The Morgan fingerprint density at radius 1 is 1.29 bits per heavy atom. The van der Waals surface area contributed by atoms with Gasteiger partial charge in [0.25, 0.3) is 0 Å². The molecule has 2 rings (SSSR count). The first-order valence-electron chi connectivity index (χ1n) is 5.76. The molecule has 0 saturated carbocycles. The second kappa shape index (κ2) is 4.91. The zero-order chi connectivity index (χ0) is 12.5. The third kappa shape index (κ3) is 2.97. The van der Waals surface area contributed by atoms with Gasteiger partial charge in [0.15, 0.2) is 0 Å². The molecule has 17 heavy (non-hydrogen) atoms. The molecule has 0 unspecified atom stereocenters. The van der Waals surface area contributed by atoms with E-state index in [1.54, 1.807) is 0 Å². The van der Waals surface area contributed by atoms with E-state index in [1.165, 1.54) is 4.31 Å². The second-order valence-electron chi connectivity index (χ2n) is 4.69. The molecule has 2 aliphatic heterocycles. The van der Waals surface area contributed by atoms with Crippen molar-refractivity contribution in [3.63, 3.8) is 0 Å². The number of hydrogen-bond acceptors (Lipinski definition) is 4. The van der Waals surface area contributed by atoms with Crippen LogP contribution in [0.2, 0.25) is 0 Å². The van der Waals surface area contributed by atoms with Gasteiger partial charge in [0.2, 0.25) is 10.0 Å². The van der Waals surface area contributed by atoms with E-state index in [0.29, 0.717) is 38.1 Å². The van der Waals surface area contributed by atoms with E-state index in [0.717, 1.165) is 0 Å². The summed E-state index contributed by atoms with van der Waals surface area (Å²) in [6.45, 7) is 2.35. The Hall–Kier alpha value is -0.660. The van der Waals surface area contributed by atoms with Gasteiger partial charge in [-0.3, -0.25) is 4.79 Å². The number of hydrogen-bond donors (Lipinski definition) is 1. The summed E-state index contributed by atoms with van der Waals surface area (Å²) in [6, 6.07) is 0. The number of aliphatic carboxylic acids is 1. The molecule has 0 radical (unpaired) electrons. The largest absolute Gasteiger partial charge is 0.481 e. The fourth-order valence-electron chi connectivity index (χ4n) is 2.41. The molecule has 0 amide bonds. The Morgan fingerprint density at radius 2 is 1.88 bits per heavy atom. The number of fused-ring (bicyclic) bond motifs is 1. The molecule has 2 saturated heterocycles. The molecular weight excluding hydrogens is 246 g/mol. The van der Waals surface area contributed by atoms with Crippen LogP contribution in [-0.2, 0) is 19.6 Å². The fraction of sp³-hybridized carbons (Fsp3) is 0.900. The minimum atomic E-state index is -3.28. The first kappa shape index (κ1) is 12.8. The first-order valence-corrected chi connectivity index (χ1v) is 7.37. The zero-order valence-corrected chi connectivity index (χ0v) is 10.4. The molecule has 2 heterocycles. The number of carboxylic acids is 1. The van der Waals surface area contributed by atoms with Gasteiger partial charge in [-0.2, -0.15) is 0 Å². The molecule has 2 atom stereocenters. The Kier molecular flexibility index (Phi) is 3.70. The third-order valence-corrected chi connectivity index (χ3v) is 5.28. The van der Waals surface area contributed by atoms with Gasteiger partial charge in [-0.1, -0.05) is 0 Å². The molecule has 0 spiro atoms. The van der Waals surface area contributed by atoms with Crippen LogP contribution in [0.3, 0.4) is 0 Å². The van der Waals surface area contributed by atoms with E-state index in [4.69, 9.17) is 9.84 Å². The van der Waals surface area contributed by atoms with Crippen molar-refractivity contribution in [1.29, 1.82) is 0 Å². The summed E-state index contributed by atoms with van der Waals surface area (Å²) in [5, 5.41) is 8.48. The minimum Gasteiger partial charge on any atom is -0.481 e. The lowest BCUT2D eigenvalue weighted by Gasteiger charge is -2.16. The zero-order valence-electron chi connectivity index (χ0n) is 9.54. The van der Waals surface area contributed by atoms with E-state index in [9.17, 15) is 13.2 Å². The highest BCUT2D eigenvalue weighted by Crippen LogP contribution is 2.30. The molecule has 0 aromatic rings. The van der Waals surface area contributed by atoms with Crippen LogP contribution in [-0.4, -0.2) is 55.9 Å². The van der Waals surface area contributed by atoms with Crippen LogP contribution in [0.4, 0.5) is 0 Å². The summed E-state index contributed by atoms with van der Waals surface area (Å²) >= 11 is 0. The smallest absolute Gasteiger partial charge is 0.303 e. The van der Waals surface area contributed by atoms with Gasteiger partial charge >= 0.3 is 5.97 Å². The lowest BCUT2D eigenvalue weighted by Crippen LogP contribution is -2.32. The Balaban J connectivity index is 1.86. The predicted molar refractivity (Wildman–Crippen MR) is 60.0 cm³/mol. The molecule has 2 aliphatic rings. The number of ether oxygens (including phenoxy) is 1. The van der Waals surface area contributed by atoms with Gasteiger partial charge in [-0.15, -0.1) is 0 Å². The summed E-state index contributed by atoms with van der Waals surface area (Å²) in [5.74, 6) is -0.375. The van der Waals surface area contributed by atoms with E-state index in [2.05, 4.69) is 0 Å². The van der Waals surface area contributed by atoms with Gasteiger partial charge in [0.1, 0.15) is 0 Å². The highest BCUT2D eigenvalue weighted by molar-refractivity contribution is 7.89. The fourth-order valence-corrected chi connectivity index (χ4v) is 4.01. The quantitative estimate of drug-likeness (QED) is 0.740. The van der Waals surface area contributed by atoms with Crippen molar-refractivity contribution in [2.45, 2.75) is 12.8 Å². The summed E-state index contributed by atoms with van der Waals surface area (Å²) < 4.78 is 30.7. The third-order valence-electron chi connectivity index (χ3n) is 3.39. The molecule has 0 aromatic carbocycles. The maximum Gasteiger partial charge on any atom is 0.303 e. The van der Waals surface area contributed by atoms with Crippen LogP contribution in [0.5, 0.6) is 0 Å². The highest BCUT2D eigenvalue weighted by Gasteiger charge is 2.41. The van der Waals surface area contributed by atoms with Gasteiger partial charge in [0, 0.05) is 31.3 Å². The summed E-state index contributed by atoms with van der Waals surface area (Å²) in [4.78, 5) is 10.3. The number of carbonyl (C=O) groups is 1. The van der Waals surface area contributed by atoms with Crippen LogP contribution in [0.1, 0.15) is 12.8 Å². The van der Waals surface area contributed by atoms with Crippen molar-refractivity contribution in [2.75, 3.05) is 32.1 Å². The molecule has 7 heteroatoms. The molecule has 0 bridgehead atoms. The number of nitrogens with zero attached hydrogens (tertiary/aromatic N) is 1. The van der Waals surface area contributed by atoms with E-state index in [1.807, 2.05) is 0 Å². The number of carboxylic acid groups (broad SMARTS) is 1. The van der Waals surface area contributed by atoms with Gasteiger partial charge in [-0.05, 0) is 6.42 Å². The van der Waals surface area contributed by atoms with Crippen molar-refractivity contribution in [3.8, 4) is 0 Å². The Bertz CT molecular complexity index is 382. The van der Waals surface area contributed by atoms with Crippen molar-refractivity contribution >= 4 is 16.0 Å². The average molecular weight is 263 g/mol. The van der Waals surface area contributed by atoms with Crippen LogP contribution in [0.15, 0.2) is 0 Å². The average Bonchev–Trinajstić information content (AvgIpc) is 2.74. The molecule has 0 aromatic heterocycles. The summed E-state index contributed by atoms with van der Waals surface area (Å²) in [7, 11) is -3.28. The number of sulfonamides is 1. The van der Waals surface area contributed by atoms with Crippen LogP contribution >= 0.6 is 0 Å². The highest BCUT2D eigenvalue weighted by atomic mass is 32.2. The lowest BCUT2D eigenvalue weighted by atomic mass is 10.0. The molecule has 98 valence electrons. The summed E-state index contributed by atoms with van der Waals surface area (Å²) in [6.07, 6.45) is 0.0863. The monoisotopic (exact) mass is 263 g/mol. The van der Waals surface area contributed by atoms with Crippen LogP contribution in [0, 0.1) is 11.8 Å². The second-order valence-corrected chi connectivity index (χ2v) is 6.78. The van der Waals surface area contributed by atoms with E-state index >= 15 is 0 Å². The van der Waals surface area contributed by atoms with Crippen molar-refractivity contribution in [1.82, 2.24) is 4.31 Å².